The second-order valence-corrected chi connectivity index (χ2v) is 9.06. The molecule has 152 valence electrons. The summed E-state index contributed by atoms with van der Waals surface area (Å²) in [5, 5.41) is 6.97. The Balaban J connectivity index is 1.48. The molecule has 6 nitrogen and oxygen atoms in total. The molecule has 2 N–H and O–H groups in total. The summed E-state index contributed by atoms with van der Waals surface area (Å²) in [5.41, 5.74) is -0.0180. The van der Waals surface area contributed by atoms with Gasteiger partial charge in [-0.1, -0.05) is 40.0 Å². The summed E-state index contributed by atoms with van der Waals surface area (Å²) in [5.74, 6) is 2.45. The van der Waals surface area contributed by atoms with Crippen LogP contribution < -0.4 is 10.6 Å². The Kier molecular flexibility index (Phi) is 6.79. The maximum Gasteiger partial charge on any atom is 0.213 e. The van der Waals surface area contributed by atoms with E-state index < -0.39 is 0 Å². The van der Waals surface area contributed by atoms with Gasteiger partial charge in [0.25, 0.3) is 0 Å². The van der Waals surface area contributed by atoms with Crippen molar-refractivity contribution in [2.45, 2.75) is 89.8 Å². The molecule has 1 atom stereocenters. The Hall–Kier alpha value is -1.56. The average molecular weight is 376 g/mol. The molecule has 2 heterocycles. The van der Waals surface area contributed by atoms with Crippen LogP contribution in [0.15, 0.2) is 15.6 Å². The van der Waals surface area contributed by atoms with E-state index in [9.17, 15) is 0 Å². The standard InChI is InChI=1S/C21H37N5O/c1-21(2,3)18-13-23-19(27-18)14-24-20(22-4)25-16-9-8-12-26(15-16)17-10-6-5-7-11-17/h13,16-17H,5-12,14-15H2,1-4H3,(H2,22,24,25). The molecule has 0 spiro atoms. The molecular weight excluding hydrogens is 338 g/mol. The highest BCUT2D eigenvalue weighted by Gasteiger charge is 2.27. The maximum absolute atomic E-state index is 5.86. The molecule has 2 fully saturated rings. The van der Waals surface area contributed by atoms with Crippen LogP contribution in [0.1, 0.15) is 77.4 Å². The zero-order chi connectivity index (χ0) is 19.3. The first kappa shape index (κ1) is 20.2. The number of aliphatic imine (C=N–C) groups is 1. The van der Waals surface area contributed by atoms with Crippen LogP contribution in [0.25, 0.3) is 0 Å². The van der Waals surface area contributed by atoms with E-state index >= 15 is 0 Å². The van der Waals surface area contributed by atoms with Crippen LogP contribution in [0.2, 0.25) is 0 Å². The summed E-state index contributed by atoms with van der Waals surface area (Å²) in [6.07, 6.45) is 11.3. The quantitative estimate of drug-likeness (QED) is 0.623. The Labute approximate surface area is 164 Å². The van der Waals surface area contributed by atoms with Crippen molar-refractivity contribution in [1.29, 1.82) is 0 Å². The molecule has 0 aromatic carbocycles. The minimum Gasteiger partial charge on any atom is -0.443 e. The molecular formula is C21H37N5O. The second kappa shape index (κ2) is 9.09. The lowest BCUT2D eigenvalue weighted by Crippen LogP contribution is -2.53. The fourth-order valence-corrected chi connectivity index (χ4v) is 4.19. The first-order valence-corrected chi connectivity index (χ1v) is 10.6. The number of likely N-dealkylation sites (tertiary alicyclic amines) is 1. The van der Waals surface area contributed by atoms with E-state index in [1.54, 1.807) is 0 Å². The lowest BCUT2D eigenvalue weighted by molar-refractivity contribution is 0.115. The van der Waals surface area contributed by atoms with Crippen LogP contribution in [0.4, 0.5) is 0 Å². The van der Waals surface area contributed by atoms with Crippen LogP contribution in [-0.2, 0) is 12.0 Å². The zero-order valence-electron chi connectivity index (χ0n) is 17.6. The van der Waals surface area contributed by atoms with Gasteiger partial charge in [0, 0.05) is 31.1 Å². The third-order valence-electron chi connectivity index (χ3n) is 5.81. The number of hydrogen-bond donors (Lipinski definition) is 2. The predicted octanol–water partition coefficient (Wildman–Crippen LogP) is 3.43. The van der Waals surface area contributed by atoms with Crippen LogP contribution in [-0.4, -0.2) is 48.1 Å². The smallest absolute Gasteiger partial charge is 0.213 e. The molecule has 1 aliphatic heterocycles. The average Bonchev–Trinajstić information content (AvgIpc) is 3.15. The van der Waals surface area contributed by atoms with E-state index in [0.717, 1.165) is 24.3 Å². The van der Waals surface area contributed by atoms with Gasteiger partial charge in [0.1, 0.15) is 5.76 Å². The molecule has 1 aliphatic carbocycles. The number of piperidine rings is 1. The van der Waals surface area contributed by atoms with Crippen molar-refractivity contribution < 1.29 is 4.42 Å². The van der Waals surface area contributed by atoms with E-state index in [0.29, 0.717) is 18.5 Å². The highest BCUT2D eigenvalue weighted by atomic mass is 16.4. The number of aromatic nitrogens is 1. The minimum absolute atomic E-state index is 0.0180. The van der Waals surface area contributed by atoms with Gasteiger partial charge in [-0.3, -0.25) is 9.89 Å². The number of nitrogens with one attached hydrogen (secondary N) is 2. The SMILES string of the molecule is CN=C(NCc1ncc(C(C)(C)C)o1)NC1CCCN(C2CCCCC2)C1. The maximum atomic E-state index is 5.86. The summed E-state index contributed by atoms with van der Waals surface area (Å²) >= 11 is 0. The Morgan fingerprint density at radius 2 is 2.00 bits per heavy atom. The summed E-state index contributed by atoms with van der Waals surface area (Å²) in [7, 11) is 1.83. The first-order valence-electron chi connectivity index (χ1n) is 10.6. The van der Waals surface area contributed by atoms with Gasteiger partial charge in [0.2, 0.25) is 5.89 Å². The van der Waals surface area contributed by atoms with Crippen molar-refractivity contribution >= 4 is 5.96 Å². The van der Waals surface area contributed by atoms with Crippen LogP contribution in [0, 0.1) is 0 Å². The van der Waals surface area contributed by atoms with Gasteiger partial charge in [0.15, 0.2) is 5.96 Å². The van der Waals surface area contributed by atoms with Gasteiger partial charge >= 0.3 is 0 Å². The van der Waals surface area contributed by atoms with E-state index in [1.807, 2.05) is 13.2 Å². The second-order valence-electron chi connectivity index (χ2n) is 9.06. The first-order chi connectivity index (χ1) is 13.0. The van der Waals surface area contributed by atoms with E-state index in [1.165, 1.54) is 51.5 Å². The van der Waals surface area contributed by atoms with E-state index in [2.05, 4.69) is 46.3 Å². The molecule has 0 radical (unpaired) electrons. The lowest BCUT2D eigenvalue weighted by atomic mass is 9.92. The topological polar surface area (TPSA) is 65.7 Å². The van der Waals surface area contributed by atoms with Crippen molar-refractivity contribution in [1.82, 2.24) is 20.5 Å². The van der Waals surface area contributed by atoms with Gasteiger partial charge in [0.05, 0.1) is 12.7 Å². The third kappa shape index (κ3) is 5.71. The number of oxazole rings is 1. The summed E-state index contributed by atoms with van der Waals surface area (Å²) in [4.78, 5) is 11.5. The molecule has 27 heavy (non-hydrogen) atoms. The summed E-state index contributed by atoms with van der Waals surface area (Å²) in [6, 6.07) is 1.25. The van der Waals surface area contributed by atoms with E-state index in [4.69, 9.17) is 4.42 Å². The monoisotopic (exact) mass is 375 g/mol. The Bertz CT molecular complexity index is 612. The normalized spacial score (nSPS) is 23.4. The third-order valence-corrected chi connectivity index (χ3v) is 5.81. The molecule has 1 aromatic rings. The molecule has 1 aromatic heterocycles. The summed E-state index contributed by atoms with van der Waals surface area (Å²) in [6.45, 7) is 9.32. The highest BCUT2D eigenvalue weighted by molar-refractivity contribution is 5.79. The fourth-order valence-electron chi connectivity index (χ4n) is 4.19. The van der Waals surface area contributed by atoms with Crippen LogP contribution in [0.5, 0.6) is 0 Å². The van der Waals surface area contributed by atoms with Gasteiger partial charge in [-0.05, 0) is 32.2 Å². The number of guanidine groups is 1. The largest absolute Gasteiger partial charge is 0.443 e. The Morgan fingerprint density at radius 1 is 1.22 bits per heavy atom. The van der Waals surface area contributed by atoms with E-state index in [-0.39, 0.29) is 5.41 Å². The molecule has 1 unspecified atom stereocenters. The van der Waals surface area contributed by atoms with Gasteiger partial charge in [-0.2, -0.15) is 0 Å². The molecule has 0 bridgehead atoms. The molecule has 6 heteroatoms. The molecule has 1 saturated carbocycles. The van der Waals surface area contributed by atoms with Crippen molar-refractivity contribution in [2.75, 3.05) is 20.1 Å². The van der Waals surface area contributed by atoms with Crippen LogP contribution in [0.3, 0.4) is 0 Å². The predicted molar refractivity (Wildman–Crippen MR) is 110 cm³/mol. The Morgan fingerprint density at radius 3 is 2.67 bits per heavy atom. The number of rotatable bonds is 4. The lowest BCUT2D eigenvalue weighted by Gasteiger charge is -2.40. The molecule has 0 amide bonds. The summed E-state index contributed by atoms with van der Waals surface area (Å²) < 4.78 is 5.86. The van der Waals surface area contributed by atoms with Crippen molar-refractivity contribution in [3.63, 3.8) is 0 Å². The van der Waals surface area contributed by atoms with Crippen molar-refractivity contribution in [3.05, 3.63) is 17.8 Å². The number of nitrogens with zero attached hydrogens (tertiary/aromatic N) is 3. The minimum atomic E-state index is -0.0180. The van der Waals surface area contributed by atoms with Gasteiger partial charge < -0.3 is 15.1 Å². The number of hydrogen-bond acceptors (Lipinski definition) is 4. The van der Waals surface area contributed by atoms with Crippen LogP contribution >= 0.6 is 0 Å². The van der Waals surface area contributed by atoms with Crippen molar-refractivity contribution in [2.24, 2.45) is 4.99 Å². The molecule has 2 aliphatic rings. The van der Waals surface area contributed by atoms with Crippen molar-refractivity contribution in [3.8, 4) is 0 Å². The highest BCUT2D eigenvalue weighted by Crippen LogP contribution is 2.25. The zero-order valence-corrected chi connectivity index (χ0v) is 17.6. The molecule has 1 saturated heterocycles. The molecule has 3 rings (SSSR count). The van der Waals surface area contributed by atoms with Gasteiger partial charge in [-0.15, -0.1) is 0 Å². The van der Waals surface area contributed by atoms with Gasteiger partial charge in [-0.25, -0.2) is 4.98 Å². The fraction of sp³-hybridized carbons (Fsp3) is 0.810.